The molecule has 8 heavy (non-hydrogen) atoms. The molecule has 1 rings (SSSR count). The molecule has 1 heterocycles. The van der Waals surface area contributed by atoms with Crippen molar-refractivity contribution >= 4 is 10.0 Å². The average Bonchev–Trinajstić information content (AvgIpc) is 1.82. The van der Waals surface area contributed by atoms with Crippen molar-refractivity contribution in [2.75, 3.05) is 18.9 Å². The first-order valence-electron chi connectivity index (χ1n) is 3.60. The first-order chi connectivity index (χ1) is 4.86. The van der Waals surface area contributed by atoms with Crippen molar-refractivity contribution in [1.29, 1.82) is 0 Å². The van der Waals surface area contributed by atoms with Gasteiger partial charge in [-0.2, -0.15) is 0 Å². The van der Waals surface area contributed by atoms with E-state index in [1.54, 1.807) is 0 Å². The summed E-state index contributed by atoms with van der Waals surface area (Å²) in [4.78, 5) is 0. The summed E-state index contributed by atoms with van der Waals surface area (Å²) in [5.74, 6) is 0. The maximum atomic E-state index is 10.8. The minimum absolute atomic E-state index is 0.162. The van der Waals surface area contributed by atoms with Crippen molar-refractivity contribution in [3.63, 3.8) is 0 Å². The van der Waals surface area contributed by atoms with Gasteiger partial charge in [0.15, 0.2) is 0 Å². The molecular formula is C3H8N2O2S. The zero-order valence-corrected chi connectivity index (χ0v) is 4.83. The largest absolute Gasteiger partial charge is 0.303 e. The van der Waals surface area contributed by atoms with Crippen molar-refractivity contribution in [3.8, 4) is 0 Å². The van der Waals surface area contributed by atoms with Gasteiger partial charge in [0.1, 0.15) is 0 Å². The lowest BCUT2D eigenvalue weighted by Gasteiger charge is -2.12. The van der Waals surface area contributed by atoms with Crippen LogP contribution in [0.25, 0.3) is 0 Å². The van der Waals surface area contributed by atoms with E-state index in [4.69, 9.17) is 4.11 Å². The van der Waals surface area contributed by atoms with Crippen molar-refractivity contribution in [2.45, 2.75) is 0 Å². The summed E-state index contributed by atoms with van der Waals surface area (Å²) in [7, 11) is -3.79. The van der Waals surface area contributed by atoms with Crippen LogP contribution in [0.1, 0.15) is 4.11 Å². The molecule has 1 atom stereocenters. The van der Waals surface area contributed by atoms with E-state index >= 15 is 0 Å². The molecule has 1 saturated heterocycles. The Morgan fingerprint density at radius 1 is 1.62 bits per heavy atom. The van der Waals surface area contributed by atoms with E-state index in [-0.39, 0.29) is 6.67 Å². The van der Waals surface area contributed by atoms with E-state index in [0.717, 1.165) is 0 Å². The zero-order valence-electron chi connectivity index (χ0n) is 7.01. The van der Waals surface area contributed by atoms with Crippen LogP contribution in [0.4, 0.5) is 0 Å². The smallest absolute Gasteiger partial charge is 0.213 e. The van der Waals surface area contributed by atoms with E-state index < -0.39 is 22.2 Å². The van der Waals surface area contributed by atoms with E-state index in [9.17, 15) is 8.42 Å². The highest BCUT2D eigenvalue weighted by atomic mass is 32.2. The molecule has 1 unspecified atom stereocenters. The zero-order chi connectivity index (χ0) is 8.70. The van der Waals surface area contributed by atoms with E-state index in [1.807, 2.05) is 4.72 Å². The molecule has 0 bridgehead atoms. The third-order valence-electron chi connectivity index (χ3n) is 0.678. The summed E-state index contributed by atoms with van der Waals surface area (Å²) >= 11 is 0. The van der Waals surface area contributed by atoms with Crippen LogP contribution >= 0.6 is 0 Å². The fourth-order valence-electron chi connectivity index (χ4n) is 0.349. The Morgan fingerprint density at radius 3 is 2.88 bits per heavy atom. The van der Waals surface area contributed by atoms with Gasteiger partial charge in [0.25, 0.3) is 0 Å². The van der Waals surface area contributed by atoms with Gasteiger partial charge in [-0.05, 0) is 0 Å². The van der Waals surface area contributed by atoms with Crippen molar-refractivity contribution in [2.24, 2.45) is 0 Å². The Bertz CT molecular complexity index is 251. The van der Waals surface area contributed by atoms with Crippen LogP contribution < -0.4 is 10.0 Å². The summed E-state index contributed by atoms with van der Waals surface area (Å²) in [6.45, 7) is -2.32. The fraction of sp³-hybridized carbons (Fsp3) is 1.00. The highest BCUT2D eigenvalue weighted by molar-refractivity contribution is 7.89. The molecule has 0 amide bonds. The van der Waals surface area contributed by atoms with Gasteiger partial charge in [-0.1, -0.05) is 0 Å². The molecule has 1 fully saturated rings. The molecule has 0 radical (unpaired) electrons. The average molecular weight is 139 g/mol. The minimum atomic E-state index is -3.79. The van der Waals surface area contributed by atoms with Crippen LogP contribution in [-0.4, -0.2) is 27.3 Å². The second-order valence-corrected chi connectivity index (χ2v) is 2.92. The van der Waals surface area contributed by atoms with Gasteiger partial charge >= 0.3 is 0 Å². The predicted octanol–water partition coefficient (Wildman–Crippen LogP) is -1.53. The van der Waals surface area contributed by atoms with E-state index in [0.29, 0.717) is 0 Å². The molecule has 0 aromatic carbocycles. The number of hydrogen-bond acceptors (Lipinski definition) is 3. The summed E-state index contributed by atoms with van der Waals surface area (Å²) in [6, 6.07) is 0. The SMILES string of the molecule is [2H]C1C([2H])([2H])NCNS1(=O)=O. The molecule has 1 aliphatic heterocycles. The number of hydrogen-bond donors (Lipinski definition) is 2. The molecule has 0 aromatic rings. The predicted molar refractivity (Wildman–Crippen MR) is 29.8 cm³/mol. The normalized spacial score (nSPS) is 48.5. The van der Waals surface area contributed by atoms with Crippen LogP contribution in [0, 0.1) is 0 Å². The number of rotatable bonds is 0. The maximum Gasteiger partial charge on any atom is 0.213 e. The van der Waals surface area contributed by atoms with Crippen LogP contribution in [0.2, 0.25) is 0 Å². The fourth-order valence-corrected chi connectivity index (χ4v) is 0.944. The Morgan fingerprint density at radius 2 is 2.38 bits per heavy atom. The first kappa shape index (κ1) is 3.14. The van der Waals surface area contributed by atoms with Gasteiger partial charge in [0.2, 0.25) is 10.0 Å². The van der Waals surface area contributed by atoms with Gasteiger partial charge in [-0.25, -0.2) is 13.1 Å². The molecule has 2 N–H and O–H groups in total. The Labute approximate surface area is 52.5 Å². The van der Waals surface area contributed by atoms with Gasteiger partial charge in [0, 0.05) is 10.6 Å². The Kier molecular flexibility index (Phi) is 0.787. The second-order valence-electron chi connectivity index (χ2n) is 1.31. The van der Waals surface area contributed by atoms with E-state index in [1.165, 1.54) is 0 Å². The third kappa shape index (κ3) is 1.43. The third-order valence-corrected chi connectivity index (χ3v) is 1.65. The van der Waals surface area contributed by atoms with Crippen LogP contribution in [0.15, 0.2) is 0 Å². The van der Waals surface area contributed by atoms with E-state index in [2.05, 4.69) is 5.32 Å². The Hall–Kier alpha value is -0.130. The molecule has 4 nitrogen and oxygen atoms in total. The monoisotopic (exact) mass is 139 g/mol. The highest BCUT2D eigenvalue weighted by Crippen LogP contribution is 1.84. The van der Waals surface area contributed by atoms with Gasteiger partial charge in [-0.3, -0.25) is 0 Å². The first-order valence-corrected chi connectivity index (χ1v) is 3.57. The lowest BCUT2D eigenvalue weighted by molar-refractivity contribution is 0.551. The topological polar surface area (TPSA) is 58.2 Å². The summed E-state index contributed by atoms with van der Waals surface area (Å²) in [6.07, 6.45) is 0. The lowest BCUT2D eigenvalue weighted by atomic mass is 10.7. The van der Waals surface area contributed by atoms with Gasteiger partial charge < -0.3 is 5.32 Å². The molecular weight excluding hydrogens is 128 g/mol. The maximum absolute atomic E-state index is 10.8. The second kappa shape index (κ2) is 2.00. The minimum Gasteiger partial charge on any atom is -0.303 e. The summed E-state index contributed by atoms with van der Waals surface area (Å²) < 4.78 is 44.7. The molecule has 0 spiro atoms. The Balaban J connectivity index is 2.94. The van der Waals surface area contributed by atoms with Crippen LogP contribution in [-0.2, 0) is 10.0 Å². The quantitative estimate of drug-likeness (QED) is 0.428. The molecule has 1 aliphatic rings. The molecule has 48 valence electrons. The lowest BCUT2D eigenvalue weighted by Crippen LogP contribution is -2.44. The van der Waals surface area contributed by atoms with Crippen molar-refractivity contribution in [1.82, 2.24) is 10.0 Å². The van der Waals surface area contributed by atoms with Gasteiger partial charge in [0.05, 0.1) is 12.4 Å². The van der Waals surface area contributed by atoms with Gasteiger partial charge in [-0.15, -0.1) is 0 Å². The summed E-state index contributed by atoms with van der Waals surface area (Å²) in [5.41, 5.74) is -1.80. The number of sulfonamides is 1. The van der Waals surface area contributed by atoms with Crippen LogP contribution in [0.5, 0.6) is 0 Å². The van der Waals surface area contributed by atoms with Crippen LogP contribution in [0.3, 0.4) is 0 Å². The standard InChI is InChI=1S/C3H8N2O2S/c6-8(7)2-1-4-3-5-8/h4-5H,1-3H2/i1D2,2D. The molecule has 0 saturated carbocycles. The van der Waals surface area contributed by atoms with Crippen molar-refractivity contribution < 1.29 is 12.5 Å². The van der Waals surface area contributed by atoms with Crippen molar-refractivity contribution in [3.05, 3.63) is 0 Å². The molecule has 5 heteroatoms. The number of nitrogens with one attached hydrogen (secondary N) is 2. The molecule has 0 aromatic heterocycles. The summed E-state index contributed by atoms with van der Waals surface area (Å²) in [5, 5.41) is 2.22. The highest BCUT2D eigenvalue weighted by Gasteiger charge is 2.12. The molecule has 0 aliphatic carbocycles.